The summed E-state index contributed by atoms with van der Waals surface area (Å²) in [6, 6.07) is 4.30. The van der Waals surface area contributed by atoms with E-state index < -0.39 is 11.9 Å². The van der Waals surface area contributed by atoms with Crippen LogP contribution in [0.15, 0.2) is 52.4 Å². The van der Waals surface area contributed by atoms with E-state index in [9.17, 15) is 9.18 Å². The lowest BCUT2D eigenvalue weighted by atomic mass is 9.92. The molecule has 0 aliphatic carbocycles. The number of halogens is 2. The summed E-state index contributed by atoms with van der Waals surface area (Å²) >= 11 is 5.96. The van der Waals surface area contributed by atoms with E-state index in [4.69, 9.17) is 32.5 Å². The Labute approximate surface area is 204 Å². The molecule has 0 radical (unpaired) electrons. The first-order chi connectivity index (χ1) is 16.2. The molecule has 2 rings (SSSR count). The Morgan fingerprint density at radius 1 is 1.38 bits per heavy atom. The van der Waals surface area contributed by atoms with Gasteiger partial charge in [0.1, 0.15) is 11.5 Å². The van der Waals surface area contributed by atoms with E-state index in [1.807, 2.05) is 27.7 Å². The second kappa shape index (κ2) is 12.4. The normalized spacial score (nSPS) is 14.0. The third-order valence-electron chi connectivity index (χ3n) is 5.69. The molecule has 1 heterocycles. The Bertz CT molecular complexity index is 1180. The third kappa shape index (κ3) is 6.27. The first kappa shape index (κ1) is 27.1. The summed E-state index contributed by atoms with van der Waals surface area (Å²) in [7, 11) is 1.54. The molecule has 2 aromatic rings. The number of nitrogens with two attached hydrogens (primary N) is 1. The predicted molar refractivity (Wildman–Crippen MR) is 134 cm³/mol. The minimum Gasteiger partial charge on any atom is -0.404 e. The van der Waals surface area contributed by atoms with Crippen LogP contribution in [0, 0.1) is 11.2 Å². The van der Waals surface area contributed by atoms with Crippen molar-refractivity contribution in [3.8, 4) is 11.3 Å². The van der Waals surface area contributed by atoms with Crippen molar-refractivity contribution in [3.63, 3.8) is 0 Å². The number of hydrogen-bond donors (Lipinski definition) is 2. The van der Waals surface area contributed by atoms with Crippen molar-refractivity contribution in [2.24, 2.45) is 10.7 Å². The van der Waals surface area contributed by atoms with Gasteiger partial charge in [0.15, 0.2) is 5.49 Å². The lowest BCUT2D eigenvalue weighted by Crippen LogP contribution is -2.27. The number of nitrogens with one attached hydrogen (secondary N) is 1. The van der Waals surface area contributed by atoms with Crippen LogP contribution >= 0.6 is 11.6 Å². The van der Waals surface area contributed by atoms with E-state index in [0.29, 0.717) is 36.2 Å². The van der Waals surface area contributed by atoms with Crippen molar-refractivity contribution in [1.82, 2.24) is 9.55 Å². The van der Waals surface area contributed by atoms with Crippen molar-refractivity contribution >= 4 is 24.2 Å². The summed E-state index contributed by atoms with van der Waals surface area (Å²) < 4.78 is 21.9. The van der Waals surface area contributed by atoms with Gasteiger partial charge in [-0.3, -0.25) is 9.36 Å². The summed E-state index contributed by atoms with van der Waals surface area (Å²) in [5.41, 5.74) is 9.02. The third-order valence-corrected chi connectivity index (χ3v) is 5.93. The molecule has 1 aromatic heterocycles. The van der Waals surface area contributed by atoms with Crippen molar-refractivity contribution in [3.05, 3.63) is 69.5 Å². The molecule has 0 fully saturated rings. The van der Waals surface area contributed by atoms with E-state index >= 15 is 0 Å². The minimum absolute atomic E-state index is 0.168. The fourth-order valence-electron chi connectivity index (χ4n) is 3.43. The molecule has 0 aliphatic rings. The van der Waals surface area contributed by atoms with E-state index in [-0.39, 0.29) is 27.7 Å². The maximum absolute atomic E-state index is 15.0. The number of carbonyl (C=O) groups is 1. The largest absolute Gasteiger partial charge is 0.404 e. The highest BCUT2D eigenvalue weighted by molar-refractivity contribution is 6.30. The highest BCUT2D eigenvalue weighted by Gasteiger charge is 2.23. The predicted octanol–water partition coefficient (Wildman–Crippen LogP) is 4.99. The number of rotatable bonds is 10. The number of aromatic nitrogens is 2. The Hall–Kier alpha value is -3.10. The van der Waals surface area contributed by atoms with Gasteiger partial charge in [0.2, 0.25) is 6.41 Å². The van der Waals surface area contributed by atoms with Crippen LogP contribution in [-0.4, -0.2) is 35.4 Å². The van der Waals surface area contributed by atoms with Gasteiger partial charge in [-0.1, -0.05) is 24.1 Å². The zero-order valence-corrected chi connectivity index (χ0v) is 20.9. The standard InChI is InChI=1S/C25H31ClFN5O2/c1-6-17(9-23(34-5)18(11-28)12-29)22-13-32(14-33)25(30-16(4)15(2)3)24(31-22)20-8-7-19(26)10-21(20)27/h7-8,10-14,17,23,28H,6,9,29H2,1-5H3/b18-12+,28-11?,30-25?. The molecular weight excluding hydrogens is 457 g/mol. The SMILES string of the molecule is CCC(CC(OC)/C(C=N)=C/N)c1cn(C=O)c(=NC(C)=C(C)C)c(-c2ccc(Cl)cc2F)n1. The Balaban J connectivity index is 2.82. The molecular formula is C25H31ClFN5O2. The van der Waals surface area contributed by atoms with Gasteiger partial charge in [0.05, 0.1) is 11.8 Å². The summed E-state index contributed by atoms with van der Waals surface area (Å²) in [6.07, 6.45) is 5.41. The lowest BCUT2D eigenvalue weighted by Gasteiger charge is -2.23. The first-order valence-electron chi connectivity index (χ1n) is 10.9. The van der Waals surface area contributed by atoms with Crippen LogP contribution in [0.2, 0.25) is 5.02 Å². The fraction of sp³-hybridized carbons (Fsp3) is 0.360. The van der Waals surface area contributed by atoms with Gasteiger partial charge in [-0.15, -0.1) is 0 Å². The van der Waals surface area contributed by atoms with E-state index in [0.717, 1.165) is 11.8 Å². The van der Waals surface area contributed by atoms with Gasteiger partial charge in [-0.25, -0.2) is 14.4 Å². The average molecular weight is 488 g/mol. The molecule has 0 aliphatic heterocycles. The molecule has 0 amide bonds. The maximum atomic E-state index is 15.0. The molecule has 9 heteroatoms. The van der Waals surface area contributed by atoms with Crippen LogP contribution in [0.25, 0.3) is 11.3 Å². The molecule has 3 N–H and O–H groups in total. The number of ether oxygens (including phenoxy) is 1. The van der Waals surface area contributed by atoms with Gasteiger partial charge in [0.25, 0.3) is 0 Å². The molecule has 2 unspecified atom stereocenters. The average Bonchev–Trinajstić information content (AvgIpc) is 2.82. The minimum atomic E-state index is -0.569. The molecule has 0 bridgehead atoms. The Kier molecular flexibility index (Phi) is 9.89. The second-order valence-electron chi connectivity index (χ2n) is 8.05. The summed E-state index contributed by atoms with van der Waals surface area (Å²) in [4.78, 5) is 21.5. The molecule has 34 heavy (non-hydrogen) atoms. The number of methoxy groups -OCH3 is 1. The number of hydrogen-bond acceptors (Lipinski definition) is 6. The van der Waals surface area contributed by atoms with E-state index in [1.54, 1.807) is 19.4 Å². The fourth-order valence-corrected chi connectivity index (χ4v) is 3.59. The summed E-state index contributed by atoms with van der Waals surface area (Å²) in [5.74, 6) is -0.736. The Morgan fingerprint density at radius 3 is 2.59 bits per heavy atom. The molecule has 2 atom stereocenters. The van der Waals surface area contributed by atoms with Gasteiger partial charge in [-0.2, -0.15) is 0 Å². The first-order valence-corrected chi connectivity index (χ1v) is 11.3. The summed E-state index contributed by atoms with van der Waals surface area (Å²) in [6.45, 7) is 7.60. The molecule has 0 spiro atoms. The van der Waals surface area contributed by atoms with Gasteiger partial charge in [0, 0.05) is 53.5 Å². The lowest BCUT2D eigenvalue weighted by molar-refractivity contribution is 0.121. The maximum Gasteiger partial charge on any atom is 0.219 e. The van der Waals surface area contributed by atoms with Crippen molar-refractivity contribution in [2.45, 2.75) is 52.6 Å². The van der Waals surface area contributed by atoms with Gasteiger partial charge >= 0.3 is 0 Å². The number of nitrogens with zero attached hydrogens (tertiary/aromatic N) is 3. The second-order valence-corrected chi connectivity index (χ2v) is 8.48. The highest BCUT2D eigenvalue weighted by atomic mass is 35.5. The molecule has 182 valence electrons. The topological polar surface area (TPSA) is 106 Å². The molecule has 0 saturated carbocycles. The number of benzene rings is 1. The smallest absolute Gasteiger partial charge is 0.219 e. The van der Waals surface area contributed by atoms with Crippen LogP contribution in [0.3, 0.4) is 0 Å². The number of allylic oxidation sites excluding steroid dienone is 2. The van der Waals surface area contributed by atoms with Crippen LogP contribution in [0.1, 0.15) is 52.1 Å². The van der Waals surface area contributed by atoms with Crippen molar-refractivity contribution in [2.75, 3.05) is 7.11 Å². The summed E-state index contributed by atoms with van der Waals surface area (Å²) in [5, 5.41) is 7.84. The Morgan fingerprint density at radius 2 is 2.09 bits per heavy atom. The quantitative estimate of drug-likeness (QED) is 0.363. The van der Waals surface area contributed by atoms with Crippen LogP contribution in [-0.2, 0) is 9.53 Å². The zero-order chi connectivity index (χ0) is 25.4. The number of carbonyl (C=O) groups excluding carboxylic acids is 1. The van der Waals surface area contributed by atoms with E-state index in [1.165, 1.54) is 22.9 Å². The molecule has 0 saturated heterocycles. The van der Waals surface area contributed by atoms with Crippen LogP contribution in [0.4, 0.5) is 4.39 Å². The van der Waals surface area contributed by atoms with Crippen LogP contribution in [0.5, 0.6) is 0 Å². The van der Waals surface area contributed by atoms with E-state index in [2.05, 4.69) is 4.99 Å². The monoisotopic (exact) mass is 487 g/mol. The van der Waals surface area contributed by atoms with Crippen LogP contribution < -0.4 is 11.2 Å². The molecule has 1 aromatic carbocycles. The van der Waals surface area contributed by atoms with Crippen molar-refractivity contribution < 1.29 is 13.9 Å². The van der Waals surface area contributed by atoms with Gasteiger partial charge < -0.3 is 15.9 Å². The van der Waals surface area contributed by atoms with Crippen molar-refractivity contribution in [1.29, 1.82) is 5.41 Å². The molecule has 7 nitrogen and oxygen atoms in total. The van der Waals surface area contributed by atoms with Gasteiger partial charge in [-0.05, 0) is 51.8 Å². The highest BCUT2D eigenvalue weighted by Crippen LogP contribution is 2.29. The zero-order valence-electron chi connectivity index (χ0n) is 20.1.